The van der Waals surface area contributed by atoms with Gasteiger partial charge in [-0.05, 0) is 128 Å². The largest absolute Gasteiger partial charge is 0.309 e. The van der Waals surface area contributed by atoms with E-state index < -0.39 is 0 Å². The van der Waals surface area contributed by atoms with Gasteiger partial charge in [-0.1, -0.05) is 158 Å². The molecule has 0 radical (unpaired) electrons. The zero-order valence-corrected chi connectivity index (χ0v) is 38.8. The van der Waals surface area contributed by atoms with Crippen molar-refractivity contribution in [2.75, 3.05) is 0 Å². The van der Waals surface area contributed by atoms with Gasteiger partial charge in [0.2, 0.25) is 0 Å². The summed E-state index contributed by atoms with van der Waals surface area (Å²) in [7, 11) is 0. The summed E-state index contributed by atoms with van der Waals surface area (Å²) in [5, 5.41) is 6.14. The van der Waals surface area contributed by atoms with Gasteiger partial charge >= 0.3 is 0 Å². The second kappa shape index (κ2) is 16.1. The number of benzene rings is 10. The first kappa shape index (κ1) is 39.7. The first-order valence-electron chi connectivity index (χ1n) is 23.3. The van der Waals surface area contributed by atoms with Crippen LogP contribution in [0.1, 0.15) is 0 Å². The van der Waals surface area contributed by atoms with Gasteiger partial charge in [-0.15, -0.1) is 22.7 Å². The number of aromatic nitrogens is 3. The zero-order chi connectivity index (χ0) is 45.4. The Hall–Kier alpha value is -8.48. The van der Waals surface area contributed by atoms with Gasteiger partial charge < -0.3 is 4.57 Å². The number of rotatable bonds is 7. The molecule has 0 amide bonds. The van der Waals surface area contributed by atoms with E-state index in [2.05, 4.69) is 235 Å². The molecule has 0 spiro atoms. The van der Waals surface area contributed by atoms with E-state index in [4.69, 9.17) is 9.97 Å². The molecule has 0 atom stereocenters. The molecule has 14 rings (SSSR count). The molecule has 0 bridgehead atoms. The van der Waals surface area contributed by atoms with Crippen LogP contribution in [0.25, 0.3) is 135 Å². The van der Waals surface area contributed by atoms with Crippen molar-refractivity contribution in [1.29, 1.82) is 0 Å². The molecule has 14 aromatic rings. The fourth-order valence-corrected chi connectivity index (χ4v) is 12.7. The van der Waals surface area contributed by atoms with Crippen molar-refractivity contribution in [3.8, 4) is 72.6 Å². The molecule has 0 fully saturated rings. The summed E-state index contributed by atoms with van der Waals surface area (Å²) in [6.07, 6.45) is 1.75. The Kier molecular flexibility index (Phi) is 9.26. The van der Waals surface area contributed by atoms with Crippen molar-refractivity contribution in [3.63, 3.8) is 0 Å². The number of para-hydroxylation sites is 2. The lowest BCUT2D eigenvalue weighted by atomic mass is 9.96. The van der Waals surface area contributed by atoms with Crippen LogP contribution >= 0.6 is 22.7 Å². The van der Waals surface area contributed by atoms with Crippen molar-refractivity contribution in [2.24, 2.45) is 0 Å². The fraction of sp³-hybridized carbons (Fsp3) is 0. The number of hydrogen-bond acceptors (Lipinski definition) is 4. The molecule has 3 nitrogen and oxygen atoms in total. The van der Waals surface area contributed by atoms with Gasteiger partial charge in [-0.2, -0.15) is 0 Å². The van der Waals surface area contributed by atoms with E-state index in [1.807, 2.05) is 11.3 Å². The van der Waals surface area contributed by atoms with Crippen LogP contribution in [0.5, 0.6) is 0 Å². The molecular weight excluding hydrogens is 875 g/mol. The van der Waals surface area contributed by atoms with Gasteiger partial charge in [0.05, 0.1) is 26.9 Å². The lowest BCUT2D eigenvalue weighted by molar-refractivity contribution is 1.18. The van der Waals surface area contributed by atoms with E-state index in [1.54, 1.807) is 17.7 Å². The highest BCUT2D eigenvalue weighted by Gasteiger charge is 2.19. The van der Waals surface area contributed by atoms with Crippen molar-refractivity contribution < 1.29 is 0 Å². The number of hydrogen-bond donors (Lipinski definition) is 0. The Labute approximate surface area is 406 Å². The number of fused-ring (bicyclic) bond motifs is 9. The highest BCUT2D eigenvalue weighted by molar-refractivity contribution is 7.26. The van der Waals surface area contributed by atoms with Crippen LogP contribution in [0.4, 0.5) is 0 Å². The minimum absolute atomic E-state index is 0.977. The number of thiophene rings is 2. The van der Waals surface area contributed by atoms with Crippen molar-refractivity contribution in [2.45, 2.75) is 0 Å². The van der Waals surface area contributed by atoms with Crippen molar-refractivity contribution >= 4 is 85.0 Å². The van der Waals surface area contributed by atoms with E-state index in [9.17, 15) is 0 Å². The SMILES string of the molecule is c1ccc(-c2ccc(-c3cccc(-c4ccc5sc6c(-c7cccc8sc9ccc(-c%10cccc(-c%11ccc%12c(c%11)c%11ccccc%11n%12-c%11ccccc%11)c%10)cc9c78)ncnc6c5c4)c3)cc2)cc1. The maximum Gasteiger partial charge on any atom is 0.116 e. The van der Waals surface area contributed by atoms with Gasteiger partial charge in [0.15, 0.2) is 0 Å². The van der Waals surface area contributed by atoms with Crippen LogP contribution in [-0.2, 0) is 0 Å². The maximum atomic E-state index is 5.05. The molecule has 69 heavy (non-hydrogen) atoms. The number of nitrogens with zero attached hydrogens (tertiary/aromatic N) is 3. The Morgan fingerprint density at radius 2 is 0.826 bits per heavy atom. The van der Waals surface area contributed by atoms with E-state index >= 15 is 0 Å². The van der Waals surface area contributed by atoms with Crippen LogP contribution in [0.15, 0.2) is 237 Å². The predicted octanol–water partition coefficient (Wildman–Crippen LogP) is 18.3. The van der Waals surface area contributed by atoms with Gasteiger partial charge in [0.25, 0.3) is 0 Å². The summed E-state index contributed by atoms with van der Waals surface area (Å²) >= 11 is 3.62. The molecule has 0 aliphatic rings. The average Bonchev–Trinajstić information content (AvgIpc) is 4.10. The molecule has 0 saturated heterocycles. The van der Waals surface area contributed by atoms with Gasteiger partial charge in [0, 0.05) is 52.3 Å². The lowest BCUT2D eigenvalue weighted by Crippen LogP contribution is -1.92. The van der Waals surface area contributed by atoms with Crippen molar-refractivity contribution in [3.05, 3.63) is 237 Å². The smallest absolute Gasteiger partial charge is 0.116 e. The Balaban J connectivity index is 0.823. The highest BCUT2D eigenvalue weighted by Crippen LogP contribution is 2.46. The molecular formula is C64H39N3S2. The lowest BCUT2D eigenvalue weighted by Gasteiger charge is -2.09. The maximum absolute atomic E-state index is 5.05. The van der Waals surface area contributed by atoms with Gasteiger partial charge in [0.1, 0.15) is 6.33 Å². The minimum Gasteiger partial charge on any atom is -0.309 e. The standard InChI is InChI=1S/C64H39N3S2/c1-3-12-40(13-4-1)41-24-26-42(27-25-41)43-14-9-15-44(34-43)49-30-33-59-55(38-49)63-64(69-59)62(65-39-66-63)52-21-11-23-60-61(52)54-37-48(29-32-58(54)68-60)46-17-10-16-45(35-46)47-28-31-57-53(36-47)51-20-7-8-22-56(51)67(57)50-18-5-2-6-19-50/h1-39H. The van der Waals surface area contributed by atoms with E-state index in [1.165, 1.54) is 108 Å². The van der Waals surface area contributed by atoms with E-state index in [0.29, 0.717) is 0 Å². The summed E-state index contributed by atoms with van der Waals surface area (Å²) in [5.41, 5.74) is 18.7. The molecule has 322 valence electrons. The van der Waals surface area contributed by atoms with Crippen LogP contribution in [-0.4, -0.2) is 14.5 Å². The van der Waals surface area contributed by atoms with Crippen LogP contribution in [0.2, 0.25) is 0 Å². The third-order valence-electron chi connectivity index (χ3n) is 13.7. The molecule has 5 heteroatoms. The highest BCUT2D eigenvalue weighted by atomic mass is 32.1. The monoisotopic (exact) mass is 913 g/mol. The summed E-state index contributed by atoms with van der Waals surface area (Å²) in [6.45, 7) is 0. The molecule has 4 aromatic heterocycles. The predicted molar refractivity (Wildman–Crippen MR) is 295 cm³/mol. The van der Waals surface area contributed by atoms with E-state index in [0.717, 1.165) is 26.9 Å². The quantitative estimate of drug-likeness (QED) is 0.159. The Morgan fingerprint density at radius 1 is 0.319 bits per heavy atom. The summed E-state index contributed by atoms with van der Waals surface area (Å²) < 4.78 is 7.20. The first-order chi connectivity index (χ1) is 34.2. The average molecular weight is 914 g/mol. The normalized spacial score (nSPS) is 11.8. The fourth-order valence-electron chi connectivity index (χ4n) is 10.4. The minimum atomic E-state index is 0.977. The summed E-state index contributed by atoms with van der Waals surface area (Å²) in [5.74, 6) is 0. The second-order valence-corrected chi connectivity index (χ2v) is 19.9. The third kappa shape index (κ3) is 6.69. The van der Waals surface area contributed by atoms with Gasteiger partial charge in [-0.25, -0.2) is 9.97 Å². The summed E-state index contributed by atoms with van der Waals surface area (Å²) in [6, 6.07) is 84.0. The Bertz CT molecular complexity index is 4300. The third-order valence-corrected chi connectivity index (χ3v) is 16.0. The molecule has 0 saturated carbocycles. The molecule has 4 heterocycles. The van der Waals surface area contributed by atoms with Gasteiger partial charge in [-0.3, -0.25) is 0 Å². The van der Waals surface area contributed by atoms with E-state index in [-0.39, 0.29) is 0 Å². The molecule has 10 aromatic carbocycles. The topological polar surface area (TPSA) is 30.7 Å². The first-order valence-corrected chi connectivity index (χ1v) is 24.9. The molecule has 0 aliphatic carbocycles. The van der Waals surface area contributed by atoms with Crippen molar-refractivity contribution in [1.82, 2.24) is 14.5 Å². The molecule has 0 aliphatic heterocycles. The summed E-state index contributed by atoms with van der Waals surface area (Å²) in [4.78, 5) is 10.0. The van der Waals surface area contributed by atoms with Crippen LogP contribution < -0.4 is 0 Å². The second-order valence-electron chi connectivity index (χ2n) is 17.7. The zero-order valence-electron chi connectivity index (χ0n) is 37.2. The Morgan fingerprint density at radius 3 is 1.55 bits per heavy atom. The van der Waals surface area contributed by atoms with Crippen LogP contribution in [0, 0.1) is 0 Å². The van der Waals surface area contributed by atoms with Crippen LogP contribution in [0.3, 0.4) is 0 Å². The molecule has 0 unspecified atom stereocenters. The molecule has 0 N–H and O–H groups in total.